The minimum Gasteiger partial charge on any atom is -0.464 e. The Hall–Kier alpha value is -2.34. The first kappa shape index (κ1) is 14.1. The minimum atomic E-state index is -0.630. The third-order valence-corrected chi connectivity index (χ3v) is 2.85. The summed E-state index contributed by atoms with van der Waals surface area (Å²) < 4.78 is 11.0. The van der Waals surface area contributed by atoms with Crippen LogP contribution in [0.1, 0.15) is 20.8 Å². The van der Waals surface area contributed by atoms with E-state index in [-0.39, 0.29) is 22.2 Å². The average Bonchev–Trinajstić information content (AvgIpc) is 2.79. The number of aromatic nitrogens is 2. The highest BCUT2D eigenvalue weighted by molar-refractivity contribution is 6.33. The van der Waals surface area contributed by atoms with Gasteiger partial charge in [0.25, 0.3) is 0 Å². The van der Waals surface area contributed by atoms with Crippen molar-refractivity contribution in [3.05, 3.63) is 46.6 Å². The second-order valence-electron chi connectivity index (χ2n) is 3.85. The Morgan fingerprint density at radius 3 is 2.60 bits per heavy atom. The van der Waals surface area contributed by atoms with E-state index in [9.17, 15) is 9.59 Å². The molecule has 0 unspecified atom stereocenters. The van der Waals surface area contributed by atoms with Gasteiger partial charge in [-0.05, 0) is 12.1 Å². The predicted molar refractivity (Wildman–Crippen MR) is 71.0 cm³/mol. The molecule has 0 aliphatic heterocycles. The number of halogens is 1. The minimum absolute atomic E-state index is 0.0527. The van der Waals surface area contributed by atoms with Gasteiger partial charge in [0.15, 0.2) is 5.69 Å². The van der Waals surface area contributed by atoms with Gasteiger partial charge in [-0.1, -0.05) is 23.7 Å². The van der Waals surface area contributed by atoms with Gasteiger partial charge < -0.3 is 9.47 Å². The average molecular weight is 295 g/mol. The highest BCUT2D eigenvalue weighted by Crippen LogP contribution is 2.19. The summed E-state index contributed by atoms with van der Waals surface area (Å²) in [5, 5.41) is 4.17. The monoisotopic (exact) mass is 294 g/mol. The van der Waals surface area contributed by atoms with Crippen LogP contribution in [0.2, 0.25) is 5.02 Å². The molecule has 0 aliphatic rings. The van der Waals surface area contributed by atoms with Gasteiger partial charge in [-0.25, -0.2) is 14.3 Å². The third kappa shape index (κ3) is 2.80. The van der Waals surface area contributed by atoms with E-state index in [0.29, 0.717) is 0 Å². The summed E-state index contributed by atoms with van der Waals surface area (Å²) in [7, 11) is 2.79. The lowest BCUT2D eigenvalue weighted by molar-refractivity contribution is 0.0592. The van der Waals surface area contributed by atoms with E-state index in [2.05, 4.69) is 9.84 Å². The van der Waals surface area contributed by atoms with Crippen LogP contribution in [0, 0.1) is 0 Å². The van der Waals surface area contributed by atoms with Crippen LogP contribution in [0.3, 0.4) is 0 Å². The molecule has 104 valence electrons. The summed E-state index contributed by atoms with van der Waals surface area (Å²) >= 11 is 5.91. The summed E-state index contributed by atoms with van der Waals surface area (Å²) in [5.74, 6) is -1.12. The zero-order chi connectivity index (χ0) is 14.7. The molecule has 0 N–H and O–H groups in total. The number of aryl methyl sites for hydroxylation is 1. The zero-order valence-corrected chi connectivity index (χ0v) is 11.5. The first-order valence-electron chi connectivity index (χ1n) is 5.62. The standard InChI is InChI=1S/C13H11ClN2O4/c1-16-11(7-10(15-16)13(18)19-2)20-12(17)8-5-3-4-6-9(8)14/h3-7H,1-2H3. The van der Waals surface area contributed by atoms with Gasteiger partial charge >= 0.3 is 11.9 Å². The lowest BCUT2D eigenvalue weighted by Gasteiger charge is -2.04. The second kappa shape index (κ2) is 5.75. The number of methoxy groups -OCH3 is 1. The van der Waals surface area contributed by atoms with E-state index >= 15 is 0 Å². The highest BCUT2D eigenvalue weighted by atomic mass is 35.5. The normalized spacial score (nSPS) is 10.2. The molecule has 0 saturated heterocycles. The van der Waals surface area contributed by atoms with E-state index < -0.39 is 11.9 Å². The van der Waals surface area contributed by atoms with Gasteiger partial charge in [0, 0.05) is 13.1 Å². The van der Waals surface area contributed by atoms with Crippen LogP contribution < -0.4 is 4.74 Å². The molecule has 0 radical (unpaired) electrons. The van der Waals surface area contributed by atoms with E-state index in [0.717, 1.165) is 0 Å². The largest absolute Gasteiger partial charge is 0.464 e. The number of benzene rings is 1. The fourth-order valence-electron chi connectivity index (χ4n) is 1.53. The van der Waals surface area contributed by atoms with Crippen molar-refractivity contribution >= 4 is 23.5 Å². The van der Waals surface area contributed by atoms with Crippen LogP contribution in [-0.4, -0.2) is 28.8 Å². The molecule has 1 aromatic carbocycles. The maximum absolute atomic E-state index is 12.0. The Labute approximate surface area is 119 Å². The number of carbonyl (C=O) groups is 2. The Balaban J connectivity index is 2.22. The first-order chi connectivity index (χ1) is 9.52. The van der Waals surface area contributed by atoms with Gasteiger partial charge in [0.2, 0.25) is 5.88 Å². The van der Waals surface area contributed by atoms with Crippen LogP contribution in [0.15, 0.2) is 30.3 Å². The Kier molecular flexibility index (Phi) is 4.05. The molecule has 6 nitrogen and oxygen atoms in total. The lowest BCUT2D eigenvalue weighted by Crippen LogP contribution is -2.11. The number of rotatable bonds is 3. The Morgan fingerprint density at radius 1 is 1.25 bits per heavy atom. The molecule has 0 spiro atoms. The van der Waals surface area contributed by atoms with Crippen LogP contribution in [0.4, 0.5) is 0 Å². The molecule has 0 amide bonds. The molecule has 0 bridgehead atoms. The van der Waals surface area contributed by atoms with Crippen LogP contribution in [-0.2, 0) is 11.8 Å². The molecular formula is C13H11ClN2O4. The summed E-state index contributed by atoms with van der Waals surface area (Å²) in [6.07, 6.45) is 0. The molecule has 0 aliphatic carbocycles. The first-order valence-corrected chi connectivity index (χ1v) is 5.99. The molecule has 20 heavy (non-hydrogen) atoms. The van der Waals surface area contributed by atoms with Crippen molar-refractivity contribution in [2.45, 2.75) is 0 Å². The fraction of sp³-hybridized carbons (Fsp3) is 0.154. The fourth-order valence-corrected chi connectivity index (χ4v) is 1.74. The summed E-state index contributed by atoms with van der Waals surface area (Å²) in [4.78, 5) is 23.3. The number of ether oxygens (including phenoxy) is 2. The summed E-state index contributed by atoms with van der Waals surface area (Å²) in [6.45, 7) is 0. The van der Waals surface area contributed by atoms with E-state index in [1.165, 1.54) is 17.9 Å². The van der Waals surface area contributed by atoms with Crippen molar-refractivity contribution in [3.8, 4) is 5.88 Å². The molecule has 2 aromatic rings. The second-order valence-corrected chi connectivity index (χ2v) is 4.26. The van der Waals surface area contributed by atoms with Crippen molar-refractivity contribution in [2.75, 3.05) is 7.11 Å². The zero-order valence-electron chi connectivity index (χ0n) is 10.8. The van der Waals surface area contributed by atoms with Gasteiger partial charge in [0.1, 0.15) is 0 Å². The van der Waals surface area contributed by atoms with Gasteiger partial charge in [-0.2, -0.15) is 5.10 Å². The van der Waals surface area contributed by atoms with Gasteiger partial charge in [-0.3, -0.25) is 0 Å². The van der Waals surface area contributed by atoms with E-state index in [4.69, 9.17) is 16.3 Å². The lowest BCUT2D eigenvalue weighted by atomic mass is 10.2. The summed E-state index contributed by atoms with van der Waals surface area (Å²) in [5.41, 5.74) is 0.284. The number of hydrogen-bond donors (Lipinski definition) is 0. The molecule has 1 heterocycles. The number of nitrogens with zero attached hydrogens (tertiary/aromatic N) is 2. The maximum atomic E-state index is 12.0. The SMILES string of the molecule is COC(=O)c1cc(OC(=O)c2ccccc2Cl)n(C)n1. The highest BCUT2D eigenvalue weighted by Gasteiger charge is 2.18. The van der Waals surface area contributed by atoms with Gasteiger partial charge in [0.05, 0.1) is 17.7 Å². The number of esters is 2. The molecule has 1 aromatic heterocycles. The molecular weight excluding hydrogens is 284 g/mol. The van der Waals surface area contributed by atoms with Crippen LogP contribution in [0.5, 0.6) is 5.88 Å². The van der Waals surface area contributed by atoms with E-state index in [1.54, 1.807) is 31.3 Å². The van der Waals surface area contributed by atoms with Crippen molar-refractivity contribution in [3.63, 3.8) is 0 Å². The number of hydrogen-bond acceptors (Lipinski definition) is 5. The number of carbonyl (C=O) groups excluding carboxylic acids is 2. The van der Waals surface area contributed by atoms with Crippen LogP contribution >= 0.6 is 11.6 Å². The molecule has 0 fully saturated rings. The molecule has 0 atom stereocenters. The Bertz CT molecular complexity index is 666. The smallest absolute Gasteiger partial charge is 0.358 e. The topological polar surface area (TPSA) is 70.4 Å². The quantitative estimate of drug-likeness (QED) is 0.811. The summed E-state index contributed by atoms with van der Waals surface area (Å²) in [6, 6.07) is 7.83. The predicted octanol–water partition coefficient (Wildman–Crippen LogP) is 2.08. The van der Waals surface area contributed by atoms with Gasteiger partial charge in [-0.15, -0.1) is 0 Å². The van der Waals surface area contributed by atoms with E-state index in [1.807, 2.05) is 0 Å². The maximum Gasteiger partial charge on any atom is 0.358 e. The molecule has 7 heteroatoms. The molecule has 0 saturated carbocycles. The van der Waals surface area contributed by atoms with Crippen molar-refractivity contribution in [1.29, 1.82) is 0 Å². The van der Waals surface area contributed by atoms with Crippen molar-refractivity contribution < 1.29 is 19.1 Å². The Morgan fingerprint density at radius 2 is 1.95 bits per heavy atom. The third-order valence-electron chi connectivity index (χ3n) is 2.52. The van der Waals surface area contributed by atoms with Crippen molar-refractivity contribution in [2.24, 2.45) is 7.05 Å². The molecule has 2 rings (SSSR count). The van der Waals surface area contributed by atoms with Crippen LogP contribution in [0.25, 0.3) is 0 Å². The van der Waals surface area contributed by atoms with Crippen molar-refractivity contribution in [1.82, 2.24) is 9.78 Å².